The van der Waals surface area contributed by atoms with E-state index in [-0.39, 0.29) is 6.04 Å². The number of thiophene rings is 2. The molecule has 0 aromatic carbocycles. The smallest absolute Gasteiger partial charge is 0.131 e. The minimum absolute atomic E-state index is 0.182. The highest BCUT2D eigenvalue weighted by Crippen LogP contribution is 2.39. The van der Waals surface area contributed by atoms with Gasteiger partial charge in [-0.2, -0.15) is 0 Å². The van der Waals surface area contributed by atoms with Crippen LogP contribution in [0.3, 0.4) is 0 Å². The zero-order valence-electron chi connectivity index (χ0n) is 13.0. The lowest BCUT2D eigenvalue weighted by Gasteiger charge is -2.23. The van der Waals surface area contributed by atoms with Crippen LogP contribution in [-0.4, -0.2) is 11.0 Å². The fourth-order valence-corrected chi connectivity index (χ4v) is 5.20. The summed E-state index contributed by atoms with van der Waals surface area (Å²) in [5, 5.41) is 6.12. The maximum Gasteiger partial charge on any atom is 0.131 e. The fourth-order valence-electron chi connectivity index (χ4n) is 3.08. The lowest BCUT2D eigenvalue weighted by Crippen LogP contribution is -2.28. The Kier molecular flexibility index (Phi) is 4.59. The van der Waals surface area contributed by atoms with Gasteiger partial charge in [-0.1, -0.05) is 29.8 Å². The largest absolute Gasteiger partial charge is 0.379 e. The van der Waals surface area contributed by atoms with Crippen LogP contribution in [0.2, 0.25) is 5.15 Å². The molecular weight excluding hydrogens is 358 g/mol. The number of nitrogens with one attached hydrogen (secondary N) is 1. The van der Waals surface area contributed by atoms with E-state index in [1.807, 2.05) is 6.07 Å². The lowest BCUT2D eigenvalue weighted by molar-refractivity contribution is 0.528. The second-order valence-electron chi connectivity index (χ2n) is 6.00. The van der Waals surface area contributed by atoms with E-state index in [9.17, 15) is 0 Å². The van der Waals surface area contributed by atoms with Gasteiger partial charge in [0.2, 0.25) is 0 Å². The Morgan fingerprint density at radius 3 is 2.96 bits per heavy atom. The third-order valence-electron chi connectivity index (χ3n) is 4.35. The van der Waals surface area contributed by atoms with Crippen molar-refractivity contribution in [3.63, 3.8) is 0 Å². The van der Waals surface area contributed by atoms with E-state index in [0.717, 1.165) is 35.3 Å². The van der Waals surface area contributed by atoms with E-state index >= 15 is 0 Å². The molecule has 3 aromatic rings. The topological polar surface area (TPSA) is 50.9 Å². The van der Waals surface area contributed by atoms with Crippen molar-refractivity contribution in [2.45, 2.75) is 31.3 Å². The van der Waals surface area contributed by atoms with Gasteiger partial charge in [-0.25, -0.2) is 4.98 Å². The first-order valence-corrected chi connectivity index (χ1v) is 10.0. The number of hydrogen-bond donors (Lipinski definition) is 2. The molecule has 1 aliphatic rings. The minimum Gasteiger partial charge on any atom is -0.379 e. The molecule has 3 N–H and O–H groups in total. The molecule has 3 nitrogen and oxygen atoms in total. The molecular formula is C18H18ClN3S2. The van der Waals surface area contributed by atoms with Crippen LogP contribution in [0.4, 0.5) is 5.69 Å². The number of fused-ring (bicyclic) bond motifs is 1. The molecule has 0 fully saturated rings. The molecule has 0 amide bonds. The van der Waals surface area contributed by atoms with E-state index in [4.69, 9.17) is 17.3 Å². The molecule has 1 aliphatic carbocycles. The number of pyridine rings is 1. The van der Waals surface area contributed by atoms with Gasteiger partial charge in [0.05, 0.1) is 15.9 Å². The molecule has 3 aromatic heterocycles. The van der Waals surface area contributed by atoms with Crippen LogP contribution < -0.4 is 11.1 Å². The van der Waals surface area contributed by atoms with Crippen LogP contribution in [0.1, 0.15) is 28.5 Å². The van der Waals surface area contributed by atoms with Crippen LogP contribution >= 0.6 is 34.3 Å². The number of aromatic nitrogens is 1. The highest BCUT2D eigenvalue weighted by atomic mass is 35.5. The summed E-state index contributed by atoms with van der Waals surface area (Å²) in [6.45, 7) is 0.798. The molecule has 0 unspecified atom stereocenters. The maximum absolute atomic E-state index is 6.32. The van der Waals surface area contributed by atoms with Gasteiger partial charge in [-0.3, -0.25) is 0 Å². The number of allylic oxidation sites excluding steroid dienone is 1. The van der Waals surface area contributed by atoms with Gasteiger partial charge >= 0.3 is 0 Å². The molecule has 0 aliphatic heterocycles. The fraction of sp³-hybridized carbons (Fsp3) is 0.278. The molecule has 0 bridgehead atoms. The number of halogens is 1. The van der Waals surface area contributed by atoms with Crippen LogP contribution in [0.25, 0.3) is 10.2 Å². The van der Waals surface area contributed by atoms with E-state index in [1.165, 1.54) is 9.75 Å². The number of nitrogens with two attached hydrogens (primary N) is 1. The second-order valence-corrected chi connectivity index (χ2v) is 8.51. The van der Waals surface area contributed by atoms with Gasteiger partial charge in [-0.15, -0.1) is 22.7 Å². The summed E-state index contributed by atoms with van der Waals surface area (Å²) < 4.78 is 1.16. The second kappa shape index (κ2) is 6.84. The molecule has 2 atom stereocenters. The molecule has 0 saturated heterocycles. The normalized spacial score (nSPS) is 20.6. The molecule has 3 heterocycles. The highest BCUT2D eigenvalue weighted by Gasteiger charge is 2.23. The SMILES string of the molecule is N[C@H]1CC=CC[C@@H]1c1cc2nc(Cl)cc(NCc3cccs3)c2s1. The summed E-state index contributed by atoms with van der Waals surface area (Å²) in [5.41, 5.74) is 8.33. The Labute approximate surface area is 154 Å². The van der Waals surface area contributed by atoms with Crippen molar-refractivity contribution in [1.29, 1.82) is 0 Å². The summed E-state index contributed by atoms with van der Waals surface area (Å²) in [7, 11) is 0. The third-order valence-corrected chi connectivity index (χ3v) is 6.71. The Bertz CT molecular complexity index is 870. The van der Waals surface area contributed by atoms with E-state index < -0.39 is 0 Å². The quantitative estimate of drug-likeness (QED) is 0.475. The van der Waals surface area contributed by atoms with Crippen molar-refractivity contribution in [3.8, 4) is 0 Å². The first-order valence-electron chi connectivity index (χ1n) is 7.97. The van der Waals surface area contributed by atoms with Crippen LogP contribution in [0.15, 0.2) is 41.8 Å². The van der Waals surface area contributed by atoms with E-state index in [0.29, 0.717) is 11.1 Å². The molecule has 0 radical (unpaired) electrons. The zero-order chi connectivity index (χ0) is 16.5. The van der Waals surface area contributed by atoms with Gasteiger partial charge in [0, 0.05) is 34.3 Å². The van der Waals surface area contributed by atoms with Gasteiger partial charge in [0.1, 0.15) is 5.15 Å². The van der Waals surface area contributed by atoms with Crippen molar-refractivity contribution in [2.75, 3.05) is 5.32 Å². The molecule has 24 heavy (non-hydrogen) atoms. The summed E-state index contributed by atoms with van der Waals surface area (Å²) in [4.78, 5) is 7.10. The number of anilines is 1. The Hall–Kier alpha value is -1.40. The third kappa shape index (κ3) is 3.22. The predicted molar refractivity (Wildman–Crippen MR) is 105 cm³/mol. The summed E-state index contributed by atoms with van der Waals surface area (Å²) in [5.74, 6) is 0.373. The summed E-state index contributed by atoms with van der Waals surface area (Å²) >= 11 is 9.76. The standard InChI is InChI=1S/C18H18ClN3S2/c19-17-9-14(21-10-11-4-3-7-23-11)18-15(22-17)8-16(24-18)12-5-1-2-6-13(12)20/h1-4,7-9,12-13H,5-6,10,20H2,(H,21,22)/t12-,13-/m0/s1. The number of hydrogen-bond acceptors (Lipinski definition) is 5. The van der Waals surface area contributed by atoms with Crippen molar-refractivity contribution < 1.29 is 0 Å². The van der Waals surface area contributed by atoms with Gasteiger partial charge in [-0.05, 0) is 30.4 Å². The maximum atomic E-state index is 6.32. The van der Waals surface area contributed by atoms with Gasteiger partial charge < -0.3 is 11.1 Å². The van der Waals surface area contributed by atoms with Gasteiger partial charge in [0.25, 0.3) is 0 Å². The zero-order valence-corrected chi connectivity index (χ0v) is 15.4. The predicted octanol–water partition coefficient (Wildman–Crippen LogP) is 5.38. The molecule has 0 spiro atoms. The highest BCUT2D eigenvalue weighted by molar-refractivity contribution is 7.19. The first kappa shape index (κ1) is 16.1. The monoisotopic (exact) mass is 375 g/mol. The number of nitrogens with zero attached hydrogens (tertiary/aromatic N) is 1. The van der Waals surface area contributed by atoms with Crippen molar-refractivity contribution in [1.82, 2.24) is 4.98 Å². The molecule has 4 rings (SSSR count). The average Bonchev–Trinajstić information content (AvgIpc) is 3.22. The Morgan fingerprint density at radius 2 is 2.17 bits per heavy atom. The Morgan fingerprint density at radius 1 is 1.29 bits per heavy atom. The summed E-state index contributed by atoms with van der Waals surface area (Å²) in [6, 6.07) is 8.45. The van der Waals surface area contributed by atoms with Gasteiger partial charge in [0.15, 0.2) is 0 Å². The lowest BCUT2D eigenvalue weighted by atomic mass is 9.88. The first-order chi connectivity index (χ1) is 11.7. The molecule has 0 saturated carbocycles. The average molecular weight is 376 g/mol. The van der Waals surface area contributed by atoms with Crippen LogP contribution in [0.5, 0.6) is 0 Å². The van der Waals surface area contributed by atoms with Crippen molar-refractivity contribution in [2.24, 2.45) is 5.73 Å². The van der Waals surface area contributed by atoms with Crippen molar-refractivity contribution >= 4 is 50.2 Å². The minimum atomic E-state index is 0.182. The van der Waals surface area contributed by atoms with E-state index in [1.54, 1.807) is 22.7 Å². The summed E-state index contributed by atoms with van der Waals surface area (Å²) in [6.07, 6.45) is 6.35. The van der Waals surface area contributed by atoms with E-state index in [2.05, 4.69) is 46.0 Å². The van der Waals surface area contributed by atoms with Crippen LogP contribution in [0, 0.1) is 0 Å². The number of rotatable bonds is 4. The molecule has 124 valence electrons. The Balaban J connectivity index is 1.67. The van der Waals surface area contributed by atoms with Crippen molar-refractivity contribution in [3.05, 3.63) is 56.7 Å². The van der Waals surface area contributed by atoms with Crippen LogP contribution in [-0.2, 0) is 6.54 Å². The molecule has 6 heteroatoms.